The van der Waals surface area contributed by atoms with Crippen molar-refractivity contribution in [1.82, 2.24) is 25.5 Å². The van der Waals surface area contributed by atoms with E-state index in [0.717, 1.165) is 60.3 Å². The van der Waals surface area contributed by atoms with E-state index in [-0.39, 0.29) is 35.9 Å². The summed E-state index contributed by atoms with van der Waals surface area (Å²) in [5.41, 5.74) is 4.82. The maximum atomic E-state index is 14.0. The second kappa shape index (κ2) is 20.0. The smallest absolute Gasteiger partial charge is 0.311 e. The van der Waals surface area contributed by atoms with Crippen LogP contribution in [0.4, 0.5) is 4.39 Å². The van der Waals surface area contributed by atoms with Gasteiger partial charge in [0.2, 0.25) is 5.91 Å². The number of nitrogens with zero attached hydrogens (tertiary/aromatic N) is 5. The van der Waals surface area contributed by atoms with Crippen LogP contribution in [0.15, 0.2) is 112 Å². The van der Waals surface area contributed by atoms with Gasteiger partial charge in [-0.3, -0.25) is 24.4 Å². The summed E-state index contributed by atoms with van der Waals surface area (Å²) in [6, 6.07) is 23.5. The first kappa shape index (κ1) is 41.7. The summed E-state index contributed by atoms with van der Waals surface area (Å²) in [6.45, 7) is 5.34. The molecule has 0 saturated carbocycles. The highest BCUT2D eigenvalue weighted by atomic mass is 19.1. The number of aromatic nitrogens is 2. The van der Waals surface area contributed by atoms with Gasteiger partial charge in [-0.1, -0.05) is 73.9 Å². The number of esters is 1. The molecule has 0 fully saturated rings. The number of hydrogen-bond acceptors (Lipinski definition) is 10. The van der Waals surface area contributed by atoms with Gasteiger partial charge in [-0.05, 0) is 74.9 Å². The Balaban J connectivity index is 0.792. The van der Waals surface area contributed by atoms with Crippen molar-refractivity contribution < 1.29 is 23.5 Å². The monoisotopic (exact) mass is 810 g/mol. The van der Waals surface area contributed by atoms with Crippen LogP contribution in [0.25, 0.3) is 10.9 Å². The third kappa shape index (κ3) is 10.8. The van der Waals surface area contributed by atoms with Crippen molar-refractivity contribution in [3.8, 4) is 5.75 Å². The van der Waals surface area contributed by atoms with Crippen LogP contribution in [0.1, 0.15) is 91.4 Å². The quantitative estimate of drug-likeness (QED) is 0.0341. The number of carbonyl (C=O) groups is 3. The van der Waals surface area contributed by atoms with Gasteiger partial charge in [-0.2, -0.15) is 0 Å². The SMILES string of the molecule is CC(C)N1C=NC2C(NCCc3c[nH]c4ccc(OC(=O)CCCCCCCNC(=O)CCc5ccc(C(=O)c6ccccc6)cc5)cc34)=NC(c3cncc(F)c3)=NC21. The van der Waals surface area contributed by atoms with Crippen molar-refractivity contribution in [2.24, 2.45) is 15.0 Å². The molecule has 0 bridgehead atoms. The summed E-state index contributed by atoms with van der Waals surface area (Å²) >= 11 is 0. The lowest BCUT2D eigenvalue weighted by molar-refractivity contribution is -0.134. The molecule has 3 N–H and O–H groups in total. The van der Waals surface area contributed by atoms with Crippen molar-refractivity contribution in [3.63, 3.8) is 0 Å². The number of fused-ring (bicyclic) bond motifs is 2. The van der Waals surface area contributed by atoms with E-state index >= 15 is 0 Å². The number of benzene rings is 3. The molecule has 4 heterocycles. The van der Waals surface area contributed by atoms with E-state index in [1.165, 1.54) is 6.07 Å². The second-order valence-corrected chi connectivity index (χ2v) is 15.4. The summed E-state index contributed by atoms with van der Waals surface area (Å²) in [5, 5.41) is 7.45. The number of ether oxygens (including phenoxy) is 1. The van der Waals surface area contributed by atoms with E-state index in [1.807, 2.05) is 67.1 Å². The molecular formula is C47H51FN8O4. The first-order valence-corrected chi connectivity index (χ1v) is 20.8. The van der Waals surface area contributed by atoms with Crippen molar-refractivity contribution in [2.75, 3.05) is 13.1 Å². The van der Waals surface area contributed by atoms with E-state index < -0.39 is 5.82 Å². The fraction of sp³-hybridized carbons (Fsp3) is 0.340. The molecule has 5 aromatic rings. The summed E-state index contributed by atoms with van der Waals surface area (Å²) in [7, 11) is 0. The summed E-state index contributed by atoms with van der Waals surface area (Å²) in [5.74, 6) is 0.868. The van der Waals surface area contributed by atoms with Gasteiger partial charge in [0.15, 0.2) is 17.8 Å². The third-order valence-electron chi connectivity index (χ3n) is 10.7. The maximum absolute atomic E-state index is 14.0. The number of ketones is 1. The average molecular weight is 811 g/mol. The fourth-order valence-corrected chi connectivity index (χ4v) is 7.41. The lowest BCUT2D eigenvalue weighted by Crippen LogP contribution is -2.49. The van der Waals surface area contributed by atoms with Gasteiger partial charge in [0.25, 0.3) is 0 Å². The Kier molecular flexibility index (Phi) is 13.9. The van der Waals surface area contributed by atoms with Crippen molar-refractivity contribution >= 4 is 46.6 Å². The van der Waals surface area contributed by atoms with Gasteiger partial charge < -0.3 is 25.3 Å². The van der Waals surface area contributed by atoms with Gasteiger partial charge in [0.05, 0.1) is 12.5 Å². The zero-order chi connectivity index (χ0) is 41.8. The molecule has 0 spiro atoms. The molecule has 0 radical (unpaired) electrons. The number of nitrogens with one attached hydrogen (secondary N) is 3. The molecule has 2 aromatic heterocycles. The number of carbonyl (C=O) groups excluding carboxylic acids is 3. The Morgan fingerprint density at radius 3 is 2.45 bits per heavy atom. The molecule has 60 heavy (non-hydrogen) atoms. The number of hydrogen-bond donors (Lipinski definition) is 3. The minimum atomic E-state index is -0.450. The number of amidine groups is 2. The second-order valence-electron chi connectivity index (χ2n) is 15.4. The minimum absolute atomic E-state index is 0.0135. The topological polar surface area (TPSA) is 154 Å². The molecule has 13 heteroatoms. The van der Waals surface area contributed by atoms with Gasteiger partial charge in [-0.15, -0.1) is 0 Å². The van der Waals surface area contributed by atoms with Crippen LogP contribution in [-0.4, -0.2) is 81.9 Å². The highest BCUT2D eigenvalue weighted by Crippen LogP contribution is 2.26. The molecule has 0 saturated heterocycles. The van der Waals surface area contributed by atoms with Crippen LogP contribution in [0.3, 0.4) is 0 Å². The first-order chi connectivity index (χ1) is 29.2. The first-order valence-electron chi connectivity index (χ1n) is 20.8. The standard InChI is InChI=1S/C47H51FN8O4/c1-31(2)56-30-53-43-46(54-45(55-47(43)56)36-25-37(48)29-49-27-36)51-24-22-35-28-52-40-20-19-38(26-39(35)40)60-42(58)13-9-4-3-5-10-23-50-41(57)21-16-32-14-17-34(18-15-32)44(59)33-11-7-6-8-12-33/h6-8,11-12,14-15,17-20,25-31,43,47,52H,3-5,9-10,13,16,21-24H2,1-2H3,(H,50,57)(H,51,54,55). The summed E-state index contributed by atoms with van der Waals surface area (Å²) in [4.78, 5) is 61.4. The van der Waals surface area contributed by atoms with Crippen LogP contribution in [-0.2, 0) is 22.4 Å². The Labute approximate surface area is 349 Å². The number of aromatic amines is 1. The predicted molar refractivity (Wildman–Crippen MR) is 232 cm³/mol. The number of H-pyrrole nitrogens is 1. The van der Waals surface area contributed by atoms with Crippen LogP contribution >= 0.6 is 0 Å². The van der Waals surface area contributed by atoms with Crippen LogP contribution < -0.4 is 15.4 Å². The highest BCUT2D eigenvalue weighted by molar-refractivity contribution is 6.10. The zero-order valence-electron chi connectivity index (χ0n) is 34.1. The Hall–Kier alpha value is -6.50. The highest BCUT2D eigenvalue weighted by Gasteiger charge is 2.38. The Morgan fingerprint density at radius 1 is 0.867 bits per heavy atom. The molecule has 12 nitrogen and oxygen atoms in total. The molecule has 7 rings (SSSR count). The minimum Gasteiger partial charge on any atom is -0.427 e. The number of unbranched alkanes of at least 4 members (excludes halogenated alkanes) is 4. The fourth-order valence-electron chi connectivity index (χ4n) is 7.41. The van der Waals surface area contributed by atoms with Gasteiger partial charge >= 0.3 is 5.97 Å². The number of amides is 1. The van der Waals surface area contributed by atoms with E-state index in [0.29, 0.717) is 72.9 Å². The number of aryl methyl sites for hydroxylation is 1. The zero-order valence-corrected chi connectivity index (χ0v) is 34.1. The van der Waals surface area contributed by atoms with Gasteiger partial charge in [-0.25, -0.2) is 14.4 Å². The van der Waals surface area contributed by atoms with Crippen molar-refractivity contribution in [2.45, 2.75) is 89.9 Å². The van der Waals surface area contributed by atoms with Crippen LogP contribution in [0.5, 0.6) is 5.75 Å². The van der Waals surface area contributed by atoms with E-state index in [2.05, 4.69) is 39.3 Å². The Morgan fingerprint density at radius 2 is 1.65 bits per heavy atom. The maximum Gasteiger partial charge on any atom is 0.311 e. The number of halogens is 1. The molecule has 1 amide bonds. The average Bonchev–Trinajstić information content (AvgIpc) is 3.88. The molecule has 2 aliphatic heterocycles. The predicted octanol–water partition coefficient (Wildman–Crippen LogP) is 7.37. The van der Waals surface area contributed by atoms with Crippen LogP contribution in [0, 0.1) is 5.82 Å². The summed E-state index contributed by atoms with van der Waals surface area (Å²) in [6.07, 6.45) is 12.7. The third-order valence-corrected chi connectivity index (χ3v) is 10.7. The largest absolute Gasteiger partial charge is 0.427 e. The van der Waals surface area contributed by atoms with E-state index in [9.17, 15) is 18.8 Å². The molecule has 2 aliphatic rings. The summed E-state index contributed by atoms with van der Waals surface area (Å²) < 4.78 is 19.8. The van der Waals surface area contributed by atoms with E-state index in [4.69, 9.17) is 19.7 Å². The van der Waals surface area contributed by atoms with E-state index in [1.54, 1.807) is 24.4 Å². The molecule has 2 unspecified atom stereocenters. The Bertz CT molecular complexity index is 2370. The van der Waals surface area contributed by atoms with Crippen molar-refractivity contribution in [3.05, 3.63) is 131 Å². The molecule has 0 aliphatic carbocycles. The lowest BCUT2D eigenvalue weighted by atomic mass is 10.0. The van der Waals surface area contributed by atoms with Gasteiger partial charge in [0.1, 0.15) is 23.4 Å². The van der Waals surface area contributed by atoms with Crippen molar-refractivity contribution in [1.29, 1.82) is 0 Å². The molecular weight excluding hydrogens is 760 g/mol. The number of rotatable bonds is 19. The molecule has 3 aromatic carbocycles. The number of aliphatic imine (C=N–C) groups is 3. The van der Waals surface area contributed by atoms with Gasteiger partial charge in [0, 0.05) is 72.0 Å². The number of pyridine rings is 1. The molecule has 2 atom stereocenters. The molecule has 310 valence electrons. The lowest BCUT2D eigenvalue weighted by Gasteiger charge is -2.31. The normalized spacial score (nSPS) is 15.8. The van der Waals surface area contributed by atoms with Crippen LogP contribution in [0.2, 0.25) is 0 Å².